The van der Waals surface area contributed by atoms with Crippen molar-refractivity contribution in [3.05, 3.63) is 95.9 Å². The zero-order valence-corrected chi connectivity index (χ0v) is 26.4. The number of rotatable bonds is 5. The lowest BCUT2D eigenvalue weighted by molar-refractivity contribution is -0.136. The summed E-state index contributed by atoms with van der Waals surface area (Å²) in [5.41, 5.74) is 3.24. The van der Waals surface area contributed by atoms with E-state index >= 15 is 0 Å². The minimum atomic E-state index is -0.524. The van der Waals surface area contributed by atoms with E-state index in [0.717, 1.165) is 22.0 Å². The molecule has 242 valence electrons. The minimum Gasteiger partial charge on any atom is -0.493 e. The normalized spacial score (nSPS) is 16.0. The first-order valence-electron chi connectivity index (χ1n) is 15.6. The number of methoxy groups -OCH3 is 1. The highest BCUT2D eigenvalue weighted by Crippen LogP contribution is 2.28. The second kappa shape index (κ2) is 14.2. The molecular weight excluding hydrogens is 598 g/mol. The molecule has 1 aliphatic heterocycles. The van der Waals surface area contributed by atoms with Crippen molar-refractivity contribution >= 4 is 28.6 Å². The summed E-state index contributed by atoms with van der Waals surface area (Å²) in [4.78, 5) is 49.6. The molecule has 1 aliphatic rings. The number of hydrogen-bond acceptors (Lipinski definition) is 7. The van der Waals surface area contributed by atoms with Crippen molar-refractivity contribution in [2.75, 3.05) is 33.4 Å². The van der Waals surface area contributed by atoms with Gasteiger partial charge >= 0.3 is 0 Å². The number of aromatic nitrogens is 4. The van der Waals surface area contributed by atoms with Crippen LogP contribution in [-0.4, -0.2) is 75.7 Å². The number of amides is 3. The van der Waals surface area contributed by atoms with E-state index in [1.165, 1.54) is 12.0 Å². The standard InChI is InChI=1S/C35H37N7O5/c1-23-34-39-33(24-8-4-3-5-9-24)40-42(34)18-19-47-30-20-25(12-14-29(30)46-2)35(45)36-16-17-41(22-31(43)38-23)32(44)15-13-26-21-37-28-11-7-6-10-27(26)28/h3-12,14,20-21,23,37H,13,15-19,22H2,1-2H3,(H,36,45)(H,38,43)/t23-/m1/s1. The Kier molecular flexibility index (Phi) is 9.46. The maximum Gasteiger partial charge on any atom is 0.251 e. The fraction of sp³-hybridized carbons (Fsp3) is 0.286. The molecule has 0 saturated carbocycles. The molecular formula is C35H37N7O5. The van der Waals surface area contributed by atoms with Crippen molar-refractivity contribution in [1.29, 1.82) is 0 Å². The van der Waals surface area contributed by atoms with Crippen LogP contribution in [0, 0.1) is 0 Å². The Labute approximate surface area is 272 Å². The smallest absolute Gasteiger partial charge is 0.251 e. The van der Waals surface area contributed by atoms with Crippen LogP contribution in [0.2, 0.25) is 0 Å². The van der Waals surface area contributed by atoms with Gasteiger partial charge in [-0.25, -0.2) is 9.67 Å². The van der Waals surface area contributed by atoms with Crippen LogP contribution in [0.5, 0.6) is 11.5 Å². The van der Waals surface area contributed by atoms with Crippen LogP contribution in [0.15, 0.2) is 79.0 Å². The van der Waals surface area contributed by atoms with Gasteiger partial charge in [0.1, 0.15) is 12.4 Å². The summed E-state index contributed by atoms with van der Waals surface area (Å²) in [6.07, 6.45) is 2.62. The first-order chi connectivity index (χ1) is 22.9. The molecule has 0 aliphatic carbocycles. The first-order valence-corrected chi connectivity index (χ1v) is 15.6. The SMILES string of the molecule is COc1ccc2cc1OCCn1nc(-c3ccccc3)nc1[C@@H](C)NC(=O)CN(C(=O)CCc1c[nH]c3ccccc13)CCNC2=O. The molecule has 0 fully saturated rings. The molecule has 3 heterocycles. The van der Waals surface area contributed by atoms with Crippen molar-refractivity contribution in [1.82, 2.24) is 35.3 Å². The van der Waals surface area contributed by atoms with Gasteiger partial charge in [-0.2, -0.15) is 5.10 Å². The van der Waals surface area contributed by atoms with Gasteiger partial charge in [0.05, 0.1) is 26.2 Å². The molecule has 2 aromatic heterocycles. The number of carbonyl (C=O) groups excluding carboxylic acids is 3. The summed E-state index contributed by atoms with van der Waals surface area (Å²) < 4.78 is 13.2. The zero-order chi connectivity index (χ0) is 32.8. The molecule has 47 heavy (non-hydrogen) atoms. The van der Waals surface area contributed by atoms with Gasteiger partial charge in [-0.3, -0.25) is 14.4 Å². The van der Waals surface area contributed by atoms with Crippen molar-refractivity contribution in [3.63, 3.8) is 0 Å². The summed E-state index contributed by atoms with van der Waals surface area (Å²) in [5, 5.41) is 11.6. The third kappa shape index (κ3) is 7.27. The largest absolute Gasteiger partial charge is 0.493 e. The topological polar surface area (TPSA) is 143 Å². The van der Waals surface area contributed by atoms with Crippen molar-refractivity contribution in [3.8, 4) is 22.9 Å². The highest BCUT2D eigenvalue weighted by atomic mass is 16.5. The number of carbonyl (C=O) groups is 3. The lowest BCUT2D eigenvalue weighted by Gasteiger charge is -2.23. The maximum absolute atomic E-state index is 13.6. The Morgan fingerprint density at radius 3 is 2.66 bits per heavy atom. The molecule has 0 spiro atoms. The number of aryl methyl sites for hydroxylation is 1. The number of benzene rings is 3. The Hall–Kier alpha value is -5.65. The molecule has 0 unspecified atom stereocenters. The van der Waals surface area contributed by atoms with Gasteiger partial charge in [-0.05, 0) is 43.2 Å². The Morgan fingerprint density at radius 1 is 1.02 bits per heavy atom. The predicted octanol–water partition coefficient (Wildman–Crippen LogP) is 3.90. The third-order valence-corrected chi connectivity index (χ3v) is 8.12. The molecule has 2 bridgehead atoms. The average molecular weight is 636 g/mol. The summed E-state index contributed by atoms with van der Waals surface area (Å²) in [5.74, 6) is 1.07. The van der Waals surface area contributed by atoms with Crippen molar-refractivity contribution in [2.24, 2.45) is 0 Å². The molecule has 3 N–H and O–H groups in total. The van der Waals surface area contributed by atoms with E-state index < -0.39 is 6.04 Å². The third-order valence-electron chi connectivity index (χ3n) is 8.12. The monoisotopic (exact) mass is 635 g/mol. The number of nitrogens with zero attached hydrogens (tertiary/aromatic N) is 4. The van der Waals surface area contributed by atoms with E-state index in [4.69, 9.17) is 19.6 Å². The molecule has 0 radical (unpaired) electrons. The van der Waals surface area contributed by atoms with Gasteiger partial charge in [-0.15, -0.1) is 0 Å². The fourth-order valence-electron chi connectivity index (χ4n) is 5.68. The van der Waals surface area contributed by atoms with Gasteiger partial charge in [0.15, 0.2) is 17.3 Å². The number of nitrogens with one attached hydrogen (secondary N) is 3. The van der Waals surface area contributed by atoms with Gasteiger partial charge in [0, 0.05) is 47.7 Å². The minimum absolute atomic E-state index is 0.147. The van der Waals surface area contributed by atoms with E-state index in [0.29, 0.717) is 41.7 Å². The molecule has 12 heteroatoms. The first kappa shape index (κ1) is 31.3. The lowest BCUT2D eigenvalue weighted by Crippen LogP contribution is -2.45. The van der Waals surface area contributed by atoms with Gasteiger partial charge in [0.25, 0.3) is 5.91 Å². The van der Waals surface area contributed by atoms with E-state index in [2.05, 4.69) is 15.6 Å². The van der Waals surface area contributed by atoms with Gasteiger partial charge < -0.3 is 30.0 Å². The van der Waals surface area contributed by atoms with E-state index in [1.807, 2.05) is 67.7 Å². The van der Waals surface area contributed by atoms with Crippen LogP contribution in [0.4, 0.5) is 0 Å². The van der Waals surface area contributed by atoms with Crippen LogP contribution >= 0.6 is 0 Å². The van der Waals surface area contributed by atoms with E-state index in [1.54, 1.807) is 22.9 Å². The zero-order valence-electron chi connectivity index (χ0n) is 26.4. The van der Waals surface area contributed by atoms with E-state index in [-0.39, 0.29) is 50.4 Å². The predicted molar refractivity (Wildman–Crippen MR) is 176 cm³/mol. The highest BCUT2D eigenvalue weighted by molar-refractivity contribution is 5.95. The fourth-order valence-corrected chi connectivity index (χ4v) is 5.68. The number of para-hydroxylation sites is 1. The Morgan fingerprint density at radius 2 is 1.83 bits per heavy atom. The summed E-state index contributed by atoms with van der Waals surface area (Å²) in [6.45, 7) is 2.46. The second-order valence-corrected chi connectivity index (χ2v) is 11.3. The van der Waals surface area contributed by atoms with Crippen LogP contribution in [-0.2, 0) is 22.6 Å². The van der Waals surface area contributed by atoms with Crippen LogP contribution in [0.3, 0.4) is 0 Å². The van der Waals surface area contributed by atoms with Gasteiger partial charge in [-0.1, -0.05) is 48.5 Å². The summed E-state index contributed by atoms with van der Waals surface area (Å²) in [6, 6.07) is 21.9. The van der Waals surface area contributed by atoms with Gasteiger partial charge in [0.2, 0.25) is 11.8 Å². The van der Waals surface area contributed by atoms with E-state index in [9.17, 15) is 14.4 Å². The molecule has 5 aromatic rings. The lowest BCUT2D eigenvalue weighted by atomic mass is 10.1. The molecule has 12 nitrogen and oxygen atoms in total. The second-order valence-electron chi connectivity index (χ2n) is 11.3. The number of ether oxygens (including phenoxy) is 2. The number of aromatic amines is 1. The highest BCUT2D eigenvalue weighted by Gasteiger charge is 2.23. The quantitative estimate of drug-likeness (QED) is 0.266. The van der Waals surface area contributed by atoms with Crippen LogP contribution < -0.4 is 20.1 Å². The number of hydrogen-bond donors (Lipinski definition) is 3. The van der Waals surface area contributed by atoms with Crippen LogP contribution in [0.25, 0.3) is 22.3 Å². The molecule has 1 atom stereocenters. The number of H-pyrrole nitrogens is 1. The Bertz CT molecular complexity index is 1880. The summed E-state index contributed by atoms with van der Waals surface area (Å²) in [7, 11) is 1.54. The molecule has 6 rings (SSSR count). The summed E-state index contributed by atoms with van der Waals surface area (Å²) >= 11 is 0. The number of fused-ring (bicyclic) bond motifs is 4. The molecule has 3 amide bonds. The van der Waals surface area contributed by atoms with Crippen LogP contribution in [0.1, 0.15) is 41.1 Å². The average Bonchev–Trinajstić information content (AvgIpc) is 3.71. The molecule has 3 aromatic carbocycles. The maximum atomic E-state index is 13.6. The van der Waals surface area contributed by atoms with Crippen molar-refractivity contribution in [2.45, 2.75) is 32.4 Å². The molecule has 0 saturated heterocycles. The Balaban J connectivity index is 1.26. The van der Waals surface area contributed by atoms with Crippen molar-refractivity contribution < 1.29 is 23.9 Å².